The summed E-state index contributed by atoms with van der Waals surface area (Å²) in [6.07, 6.45) is 3.81. The van der Waals surface area contributed by atoms with Crippen molar-refractivity contribution >= 4 is 5.78 Å². The minimum absolute atomic E-state index is 0.228. The molecule has 0 unspecified atom stereocenters. The summed E-state index contributed by atoms with van der Waals surface area (Å²) in [4.78, 5) is 11.6. The highest BCUT2D eigenvalue weighted by Crippen LogP contribution is 2.08. The van der Waals surface area contributed by atoms with Crippen LogP contribution in [-0.2, 0) is 11.2 Å². The molecule has 2 nitrogen and oxygen atoms in total. The van der Waals surface area contributed by atoms with Crippen LogP contribution in [-0.4, -0.2) is 17.5 Å². The van der Waals surface area contributed by atoms with Crippen LogP contribution < -0.4 is 0 Å². The summed E-state index contributed by atoms with van der Waals surface area (Å²) in [7, 11) is 0. The van der Waals surface area contributed by atoms with Crippen LogP contribution in [0.2, 0.25) is 0 Å². The van der Waals surface area contributed by atoms with Crippen LogP contribution in [0.3, 0.4) is 0 Å². The number of aliphatic hydroxyl groups excluding tert-OH is 1. The van der Waals surface area contributed by atoms with E-state index in [-0.39, 0.29) is 6.61 Å². The lowest BCUT2D eigenvalue weighted by Gasteiger charge is -2.02. The summed E-state index contributed by atoms with van der Waals surface area (Å²) in [5, 5.41) is 8.61. The number of carbonyl (C=O) groups excluding carboxylic acids is 1. The van der Waals surface area contributed by atoms with Gasteiger partial charge in [0.05, 0.1) is 0 Å². The zero-order valence-corrected chi connectivity index (χ0v) is 9.91. The van der Waals surface area contributed by atoms with Gasteiger partial charge in [0.2, 0.25) is 0 Å². The van der Waals surface area contributed by atoms with Crippen molar-refractivity contribution in [1.29, 1.82) is 0 Å². The molecular weight excluding hydrogens is 200 g/mol. The summed E-state index contributed by atoms with van der Waals surface area (Å²) in [5.74, 6) is 0.295. The first-order valence-electron chi connectivity index (χ1n) is 5.90. The van der Waals surface area contributed by atoms with Crippen LogP contribution >= 0.6 is 0 Å². The van der Waals surface area contributed by atoms with E-state index in [0.29, 0.717) is 18.6 Å². The summed E-state index contributed by atoms with van der Waals surface area (Å²) in [6, 6.07) is 8.09. The van der Waals surface area contributed by atoms with Crippen LogP contribution in [0.25, 0.3) is 0 Å². The van der Waals surface area contributed by atoms with Gasteiger partial charge in [0.1, 0.15) is 5.78 Å². The topological polar surface area (TPSA) is 37.3 Å². The predicted octanol–water partition coefficient (Wildman–Crippen LogP) is 2.66. The average molecular weight is 220 g/mol. The second-order valence-corrected chi connectivity index (χ2v) is 4.24. The monoisotopic (exact) mass is 220 g/mol. The molecule has 0 aliphatic heterocycles. The molecule has 0 spiro atoms. The van der Waals surface area contributed by atoms with Gasteiger partial charge in [-0.2, -0.15) is 0 Å². The van der Waals surface area contributed by atoms with Gasteiger partial charge in [-0.05, 0) is 25.3 Å². The van der Waals surface area contributed by atoms with Gasteiger partial charge >= 0.3 is 0 Å². The molecule has 0 aliphatic carbocycles. The zero-order valence-electron chi connectivity index (χ0n) is 9.91. The first kappa shape index (κ1) is 12.9. The molecule has 0 heterocycles. The molecule has 0 aromatic heterocycles. The Kier molecular flexibility index (Phi) is 5.79. The zero-order chi connectivity index (χ0) is 11.8. The van der Waals surface area contributed by atoms with Crippen LogP contribution in [0.15, 0.2) is 24.3 Å². The first-order chi connectivity index (χ1) is 7.72. The first-order valence-corrected chi connectivity index (χ1v) is 5.90. The third-order valence-corrected chi connectivity index (χ3v) is 2.60. The summed E-state index contributed by atoms with van der Waals surface area (Å²) < 4.78 is 0. The van der Waals surface area contributed by atoms with Gasteiger partial charge in [0, 0.05) is 19.4 Å². The molecule has 2 heteroatoms. The molecule has 88 valence electrons. The van der Waals surface area contributed by atoms with Gasteiger partial charge in [-0.3, -0.25) is 4.79 Å². The molecule has 1 aromatic rings. The largest absolute Gasteiger partial charge is 0.396 e. The van der Waals surface area contributed by atoms with Crippen molar-refractivity contribution in [2.75, 3.05) is 6.61 Å². The van der Waals surface area contributed by atoms with Crippen molar-refractivity contribution in [2.24, 2.45) is 0 Å². The van der Waals surface area contributed by atoms with Crippen LogP contribution in [0.4, 0.5) is 0 Å². The van der Waals surface area contributed by atoms with E-state index in [9.17, 15) is 4.79 Å². The van der Waals surface area contributed by atoms with Crippen molar-refractivity contribution in [3.63, 3.8) is 0 Å². The van der Waals surface area contributed by atoms with Gasteiger partial charge in [0.25, 0.3) is 0 Å². The van der Waals surface area contributed by atoms with Crippen molar-refractivity contribution < 1.29 is 9.90 Å². The lowest BCUT2D eigenvalue weighted by atomic mass is 10.0. The molecule has 0 bridgehead atoms. The standard InChI is InChI=1S/C14H20O2/c1-12-6-5-7-13(10-12)11-14(16)8-3-2-4-9-15/h5-7,10,15H,2-4,8-9,11H2,1H3. The van der Waals surface area contributed by atoms with E-state index in [0.717, 1.165) is 24.8 Å². The lowest BCUT2D eigenvalue weighted by molar-refractivity contribution is -0.118. The maximum Gasteiger partial charge on any atom is 0.137 e. The van der Waals surface area contributed by atoms with Crippen LogP contribution in [0, 0.1) is 6.92 Å². The molecule has 0 atom stereocenters. The Hall–Kier alpha value is -1.15. The quantitative estimate of drug-likeness (QED) is 0.717. The number of ketones is 1. The molecule has 1 N–H and O–H groups in total. The van der Waals surface area contributed by atoms with Crippen molar-refractivity contribution in [3.8, 4) is 0 Å². The number of carbonyl (C=O) groups is 1. The molecule has 0 saturated heterocycles. The Balaban J connectivity index is 2.29. The Morgan fingerprint density at radius 2 is 2.06 bits per heavy atom. The third-order valence-electron chi connectivity index (χ3n) is 2.60. The summed E-state index contributed by atoms with van der Waals surface area (Å²) >= 11 is 0. The minimum atomic E-state index is 0.228. The molecular formula is C14H20O2. The molecule has 1 aromatic carbocycles. The van der Waals surface area contributed by atoms with Gasteiger partial charge in [0.15, 0.2) is 0 Å². The smallest absolute Gasteiger partial charge is 0.137 e. The second-order valence-electron chi connectivity index (χ2n) is 4.24. The maximum atomic E-state index is 11.6. The van der Waals surface area contributed by atoms with Crippen molar-refractivity contribution in [1.82, 2.24) is 0 Å². The van der Waals surface area contributed by atoms with E-state index in [1.54, 1.807) is 0 Å². The normalized spacial score (nSPS) is 10.4. The van der Waals surface area contributed by atoms with E-state index >= 15 is 0 Å². The fourth-order valence-electron chi connectivity index (χ4n) is 1.75. The fourth-order valence-corrected chi connectivity index (χ4v) is 1.75. The molecule has 0 saturated carbocycles. The van der Waals surface area contributed by atoms with Crippen molar-refractivity contribution in [2.45, 2.75) is 39.0 Å². The summed E-state index contributed by atoms with van der Waals surface area (Å²) in [6.45, 7) is 2.27. The van der Waals surface area contributed by atoms with Gasteiger partial charge < -0.3 is 5.11 Å². The van der Waals surface area contributed by atoms with E-state index in [4.69, 9.17) is 5.11 Å². The number of hydrogen-bond acceptors (Lipinski definition) is 2. The number of rotatable bonds is 7. The number of aliphatic hydroxyl groups is 1. The molecule has 0 radical (unpaired) electrons. The Morgan fingerprint density at radius 1 is 1.25 bits per heavy atom. The Bertz CT molecular complexity index is 331. The second kappa shape index (κ2) is 7.18. The van der Waals surface area contributed by atoms with Crippen LogP contribution in [0.5, 0.6) is 0 Å². The fraction of sp³-hybridized carbons (Fsp3) is 0.500. The number of benzene rings is 1. The predicted molar refractivity (Wildman–Crippen MR) is 65.4 cm³/mol. The van der Waals surface area contributed by atoms with E-state index < -0.39 is 0 Å². The van der Waals surface area contributed by atoms with E-state index in [1.807, 2.05) is 25.1 Å². The number of Topliss-reactive ketones (excluding diaryl/α,β-unsaturated/α-hetero) is 1. The number of unbranched alkanes of at least 4 members (excludes halogenated alkanes) is 2. The highest BCUT2D eigenvalue weighted by molar-refractivity contribution is 5.80. The van der Waals surface area contributed by atoms with E-state index in [1.165, 1.54) is 5.56 Å². The lowest BCUT2D eigenvalue weighted by Crippen LogP contribution is -2.02. The number of aryl methyl sites for hydroxylation is 1. The average Bonchev–Trinajstić information content (AvgIpc) is 2.24. The van der Waals surface area contributed by atoms with E-state index in [2.05, 4.69) is 6.07 Å². The molecule has 1 rings (SSSR count). The van der Waals surface area contributed by atoms with Gasteiger partial charge in [-0.1, -0.05) is 36.2 Å². The molecule has 0 amide bonds. The molecule has 0 aliphatic rings. The van der Waals surface area contributed by atoms with Crippen molar-refractivity contribution in [3.05, 3.63) is 35.4 Å². The molecule has 16 heavy (non-hydrogen) atoms. The minimum Gasteiger partial charge on any atom is -0.396 e. The number of hydrogen-bond donors (Lipinski definition) is 1. The van der Waals surface area contributed by atoms with Gasteiger partial charge in [-0.15, -0.1) is 0 Å². The maximum absolute atomic E-state index is 11.6. The highest BCUT2D eigenvalue weighted by atomic mass is 16.2. The van der Waals surface area contributed by atoms with Crippen LogP contribution in [0.1, 0.15) is 36.8 Å². The van der Waals surface area contributed by atoms with Gasteiger partial charge in [-0.25, -0.2) is 0 Å². The summed E-state index contributed by atoms with van der Waals surface area (Å²) in [5.41, 5.74) is 2.30. The Morgan fingerprint density at radius 3 is 2.75 bits per heavy atom. The SMILES string of the molecule is Cc1cccc(CC(=O)CCCCCO)c1. The highest BCUT2D eigenvalue weighted by Gasteiger charge is 2.03. The Labute approximate surface area is 97.3 Å². The third kappa shape index (κ3) is 5.08. The molecule has 0 fully saturated rings.